The van der Waals surface area contributed by atoms with Gasteiger partial charge in [0.15, 0.2) is 6.61 Å². The molecule has 0 aliphatic carbocycles. The summed E-state index contributed by atoms with van der Waals surface area (Å²) in [7, 11) is 0. The zero-order chi connectivity index (χ0) is 21.1. The SMILES string of the molecule is CC(C)C(NC(=O)c1ccc(Cl)cc1)C(=O)Nc1cc2c(cc1Cl)NC(=O)CO2. The first-order valence-electron chi connectivity index (χ1n) is 8.88. The number of hydrogen-bond donors (Lipinski definition) is 3. The van der Waals surface area contributed by atoms with E-state index >= 15 is 0 Å². The number of anilines is 2. The lowest BCUT2D eigenvalue weighted by atomic mass is 10.0. The summed E-state index contributed by atoms with van der Waals surface area (Å²) in [6, 6.07) is 8.61. The van der Waals surface area contributed by atoms with Crippen molar-refractivity contribution < 1.29 is 19.1 Å². The van der Waals surface area contributed by atoms with Crippen LogP contribution in [0.3, 0.4) is 0 Å². The van der Waals surface area contributed by atoms with E-state index in [1.165, 1.54) is 12.1 Å². The number of halogens is 2. The maximum Gasteiger partial charge on any atom is 0.262 e. The monoisotopic (exact) mass is 435 g/mol. The van der Waals surface area contributed by atoms with Crippen molar-refractivity contribution in [3.63, 3.8) is 0 Å². The molecule has 0 radical (unpaired) electrons. The summed E-state index contributed by atoms with van der Waals surface area (Å²) >= 11 is 12.1. The topological polar surface area (TPSA) is 96.5 Å². The molecule has 29 heavy (non-hydrogen) atoms. The van der Waals surface area contributed by atoms with Gasteiger partial charge in [-0.15, -0.1) is 0 Å². The quantitative estimate of drug-likeness (QED) is 0.666. The van der Waals surface area contributed by atoms with Crippen LogP contribution in [0.5, 0.6) is 5.75 Å². The molecule has 1 atom stereocenters. The fourth-order valence-electron chi connectivity index (χ4n) is 2.77. The summed E-state index contributed by atoms with van der Waals surface area (Å²) in [5.74, 6) is -0.883. The third kappa shape index (κ3) is 4.99. The van der Waals surface area contributed by atoms with Crippen molar-refractivity contribution in [1.82, 2.24) is 5.32 Å². The molecule has 1 unspecified atom stereocenters. The van der Waals surface area contributed by atoms with E-state index in [1.807, 2.05) is 13.8 Å². The second kappa shape index (κ2) is 8.71. The first-order chi connectivity index (χ1) is 13.7. The number of rotatable bonds is 5. The fourth-order valence-corrected chi connectivity index (χ4v) is 3.10. The highest BCUT2D eigenvalue weighted by Gasteiger charge is 2.26. The van der Waals surface area contributed by atoms with Gasteiger partial charge in [0, 0.05) is 16.7 Å². The first-order valence-corrected chi connectivity index (χ1v) is 9.63. The predicted octanol–water partition coefficient (Wildman–Crippen LogP) is 3.72. The molecule has 0 spiro atoms. The van der Waals surface area contributed by atoms with Gasteiger partial charge in [0.25, 0.3) is 11.8 Å². The second-order valence-electron chi connectivity index (χ2n) is 6.86. The Morgan fingerprint density at radius 2 is 1.83 bits per heavy atom. The van der Waals surface area contributed by atoms with Gasteiger partial charge in [0.05, 0.1) is 16.4 Å². The predicted molar refractivity (Wildman–Crippen MR) is 112 cm³/mol. The Hall–Kier alpha value is -2.77. The molecule has 3 N–H and O–H groups in total. The molecule has 3 amide bonds. The molecule has 0 aromatic heterocycles. The lowest BCUT2D eigenvalue weighted by Gasteiger charge is -2.23. The molecular weight excluding hydrogens is 417 g/mol. The second-order valence-corrected chi connectivity index (χ2v) is 7.70. The van der Waals surface area contributed by atoms with Gasteiger partial charge < -0.3 is 20.7 Å². The van der Waals surface area contributed by atoms with Crippen LogP contribution in [0.25, 0.3) is 0 Å². The highest BCUT2D eigenvalue weighted by atomic mass is 35.5. The summed E-state index contributed by atoms with van der Waals surface area (Å²) in [6.45, 7) is 3.52. The summed E-state index contributed by atoms with van der Waals surface area (Å²) in [5, 5.41) is 8.84. The van der Waals surface area contributed by atoms with Crippen molar-refractivity contribution in [3.8, 4) is 5.75 Å². The van der Waals surface area contributed by atoms with E-state index in [0.717, 1.165) is 0 Å². The summed E-state index contributed by atoms with van der Waals surface area (Å²) in [5.41, 5.74) is 1.14. The molecule has 0 saturated carbocycles. The number of nitrogens with one attached hydrogen (secondary N) is 3. The zero-order valence-corrected chi connectivity index (χ0v) is 17.2. The van der Waals surface area contributed by atoms with E-state index in [0.29, 0.717) is 27.7 Å². The number of fused-ring (bicyclic) bond motifs is 1. The van der Waals surface area contributed by atoms with Gasteiger partial charge in [-0.3, -0.25) is 14.4 Å². The Balaban J connectivity index is 1.75. The average molecular weight is 436 g/mol. The van der Waals surface area contributed by atoms with Crippen LogP contribution in [0, 0.1) is 5.92 Å². The maximum absolute atomic E-state index is 12.8. The summed E-state index contributed by atoms with van der Waals surface area (Å²) < 4.78 is 5.35. The number of carbonyl (C=O) groups is 3. The Kier molecular flexibility index (Phi) is 6.30. The minimum atomic E-state index is -0.800. The van der Waals surface area contributed by atoms with E-state index in [2.05, 4.69) is 16.0 Å². The van der Waals surface area contributed by atoms with E-state index in [1.54, 1.807) is 24.3 Å². The number of benzene rings is 2. The number of hydrogen-bond acceptors (Lipinski definition) is 4. The van der Waals surface area contributed by atoms with E-state index < -0.39 is 17.9 Å². The van der Waals surface area contributed by atoms with Crippen molar-refractivity contribution in [2.75, 3.05) is 17.2 Å². The minimum absolute atomic E-state index is 0.117. The molecule has 0 fully saturated rings. The van der Waals surface area contributed by atoms with E-state index in [-0.39, 0.29) is 23.5 Å². The van der Waals surface area contributed by atoms with Gasteiger partial charge in [-0.25, -0.2) is 0 Å². The van der Waals surface area contributed by atoms with Crippen LogP contribution < -0.4 is 20.7 Å². The van der Waals surface area contributed by atoms with Gasteiger partial charge in [-0.1, -0.05) is 37.0 Å². The zero-order valence-electron chi connectivity index (χ0n) is 15.7. The molecule has 1 aliphatic rings. The van der Waals surface area contributed by atoms with Gasteiger partial charge in [0.1, 0.15) is 11.8 Å². The van der Waals surface area contributed by atoms with Crippen molar-refractivity contribution in [2.45, 2.75) is 19.9 Å². The van der Waals surface area contributed by atoms with Crippen molar-refractivity contribution in [2.24, 2.45) is 5.92 Å². The Morgan fingerprint density at radius 1 is 1.14 bits per heavy atom. The number of carbonyl (C=O) groups excluding carboxylic acids is 3. The van der Waals surface area contributed by atoms with Crippen LogP contribution in [0.4, 0.5) is 11.4 Å². The molecule has 0 saturated heterocycles. The summed E-state index contributed by atoms with van der Waals surface area (Å²) in [6.07, 6.45) is 0. The number of ether oxygens (including phenoxy) is 1. The Bertz CT molecular complexity index is 961. The molecule has 2 aromatic rings. The highest BCUT2D eigenvalue weighted by molar-refractivity contribution is 6.34. The molecule has 0 bridgehead atoms. The third-order valence-corrected chi connectivity index (χ3v) is 4.87. The highest BCUT2D eigenvalue weighted by Crippen LogP contribution is 2.36. The number of amides is 3. The maximum atomic E-state index is 12.8. The molecule has 152 valence electrons. The van der Waals surface area contributed by atoms with Gasteiger partial charge in [0.2, 0.25) is 5.91 Å². The van der Waals surface area contributed by atoms with Gasteiger partial charge in [-0.05, 0) is 36.2 Å². The van der Waals surface area contributed by atoms with Crippen LogP contribution in [0.15, 0.2) is 36.4 Å². The molecular formula is C20H19Cl2N3O4. The molecule has 9 heteroatoms. The van der Waals surface area contributed by atoms with Gasteiger partial charge in [-0.2, -0.15) is 0 Å². The van der Waals surface area contributed by atoms with E-state index in [9.17, 15) is 14.4 Å². The molecule has 2 aromatic carbocycles. The largest absolute Gasteiger partial charge is 0.482 e. The van der Waals surface area contributed by atoms with Crippen molar-refractivity contribution in [3.05, 3.63) is 52.0 Å². The molecule has 1 heterocycles. The molecule has 3 rings (SSSR count). The lowest BCUT2D eigenvalue weighted by Crippen LogP contribution is -2.47. The van der Waals surface area contributed by atoms with Crippen LogP contribution in [-0.2, 0) is 9.59 Å². The van der Waals surface area contributed by atoms with Crippen LogP contribution >= 0.6 is 23.2 Å². The van der Waals surface area contributed by atoms with Crippen molar-refractivity contribution >= 4 is 52.3 Å². The molecule has 7 nitrogen and oxygen atoms in total. The lowest BCUT2D eigenvalue weighted by molar-refractivity contribution is -0.119. The van der Waals surface area contributed by atoms with E-state index in [4.69, 9.17) is 27.9 Å². The Morgan fingerprint density at radius 3 is 2.48 bits per heavy atom. The first kappa shape index (κ1) is 21.0. The Labute approximate surface area is 177 Å². The van der Waals surface area contributed by atoms with Gasteiger partial charge >= 0.3 is 0 Å². The summed E-state index contributed by atoms with van der Waals surface area (Å²) in [4.78, 5) is 36.7. The third-order valence-electron chi connectivity index (χ3n) is 4.30. The normalized spacial score (nSPS) is 13.8. The van der Waals surface area contributed by atoms with Crippen LogP contribution in [0.2, 0.25) is 10.0 Å². The van der Waals surface area contributed by atoms with Crippen molar-refractivity contribution in [1.29, 1.82) is 0 Å². The molecule has 1 aliphatic heterocycles. The average Bonchev–Trinajstić information content (AvgIpc) is 2.66. The minimum Gasteiger partial charge on any atom is -0.482 e. The van der Waals surface area contributed by atoms with Crippen LogP contribution in [0.1, 0.15) is 24.2 Å². The standard InChI is InChI=1S/C20H19Cl2N3O4/c1-10(2)18(25-19(27)11-3-5-12(21)6-4-11)20(28)24-14-8-16-15(7-13(14)22)23-17(26)9-29-16/h3-8,10,18H,9H2,1-2H3,(H,23,26)(H,24,28)(H,25,27). The fraction of sp³-hybridized carbons (Fsp3) is 0.250. The smallest absolute Gasteiger partial charge is 0.262 e. The van der Waals surface area contributed by atoms with Crippen LogP contribution in [-0.4, -0.2) is 30.4 Å².